The maximum atomic E-state index is 12.4. The minimum atomic E-state index is -0.300. The Morgan fingerprint density at radius 3 is 2.46 bits per heavy atom. The van der Waals surface area contributed by atoms with Crippen LogP contribution in [0.3, 0.4) is 0 Å². The molecule has 0 aliphatic carbocycles. The standard InChI is InChI=1S/C19H15BrN2O2/c1-13-6-8-14(9-7-13)18(23)12-22-19(24)11-10-17(21-22)15-4-2-3-5-16(15)20/h2-11H,12H2,1H3. The van der Waals surface area contributed by atoms with Crippen LogP contribution >= 0.6 is 15.9 Å². The molecule has 0 spiro atoms. The molecule has 1 heterocycles. The van der Waals surface area contributed by atoms with Gasteiger partial charge in [-0.15, -0.1) is 0 Å². The molecule has 0 bridgehead atoms. The topological polar surface area (TPSA) is 52.0 Å². The first-order valence-corrected chi connectivity index (χ1v) is 8.27. The number of nitrogens with zero attached hydrogens (tertiary/aromatic N) is 2. The lowest BCUT2D eigenvalue weighted by Crippen LogP contribution is -2.26. The Morgan fingerprint density at radius 1 is 1.04 bits per heavy atom. The summed E-state index contributed by atoms with van der Waals surface area (Å²) in [5.74, 6) is -0.145. The van der Waals surface area contributed by atoms with Crippen molar-refractivity contribution < 1.29 is 4.79 Å². The van der Waals surface area contributed by atoms with Crippen molar-refractivity contribution in [3.05, 3.63) is 86.6 Å². The van der Waals surface area contributed by atoms with Crippen LogP contribution in [0, 0.1) is 6.92 Å². The van der Waals surface area contributed by atoms with E-state index in [2.05, 4.69) is 21.0 Å². The maximum absolute atomic E-state index is 12.4. The lowest BCUT2D eigenvalue weighted by molar-refractivity contribution is 0.0966. The summed E-state index contributed by atoms with van der Waals surface area (Å²) in [5.41, 5.74) is 2.86. The van der Waals surface area contributed by atoms with Crippen molar-refractivity contribution in [2.24, 2.45) is 0 Å². The summed E-state index contributed by atoms with van der Waals surface area (Å²) < 4.78 is 2.09. The van der Waals surface area contributed by atoms with Crippen molar-refractivity contribution >= 4 is 21.7 Å². The van der Waals surface area contributed by atoms with E-state index in [0.717, 1.165) is 15.6 Å². The van der Waals surface area contributed by atoms with Gasteiger partial charge in [0, 0.05) is 21.7 Å². The molecule has 3 rings (SSSR count). The molecule has 0 amide bonds. The summed E-state index contributed by atoms with van der Waals surface area (Å²) in [6, 6.07) is 18.0. The third kappa shape index (κ3) is 3.51. The number of carbonyl (C=O) groups is 1. The largest absolute Gasteiger partial charge is 0.292 e. The minimum Gasteiger partial charge on any atom is -0.292 e. The zero-order valence-corrected chi connectivity index (χ0v) is 14.7. The third-order valence-corrected chi connectivity index (χ3v) is 4.37. The molecule has 2 aromatic carbocycles. The Hall–Kier alpha value is -2.53. The van der Waals surface area contributed by atoms with E-state index in [1.165, 1.54) is 10.7 Å². The predicted molar refractivity (Wildman–Crippen MR) is 97.1 cm³/mol. The second-order valence-electron chi connectivity index (χ2n) is 5.48. The molecule has 3 aromatic rings. The molecule has 24 heavy (non-hydrogen) atoms. The zero-order valence-electron chi connectivity index (χ0n) is 13.1. The highest BCUT2D eigenvalue weighted by Gasteiger charge is 2.11. The van der Waals surface area contributed by atoms with Crippen LogP contribution in [0.5, 0.6) is 0 Å². The summed E-state index contributed by atoms with van der Waals surface area (Å²) in [6.45, 7) is 1.88. The number of hydrogen-bond donors (Lipinski definition) is 0. The lowest BCUT2D eigenvalue weighted by atomic mass is 10.1. The van der Waals surface area contributed by atoms with E-state index < -0.39 is 0 Å². The Balaban J connectivity index is 1.92. The van der Waals surface area contributed by atoms with Crippen molar-refractivity contribution in [1.29, 1.82) is 0 Å². The Morgan fingerprint density at radius 2 is 1.75 bits per heavy atom. The molecule has 0 saturated heterocycles. The summed E-state index contributed by atoms with van der Waals surface area (Å²) >= 11 is 3.48. The van der Waals surface area contributed by atoms with Crippen LogP contribution in [0.25, 0.3) is 11.3 Å². The summed E-state index contributed by atoms with van der Waals surface area (Å²) in [5, 5.41) is 4.34. The van der Waals surface area contributed by atoms with Crippen LogP contribution in [0.1, 0.15) is 15.9 Å². The molecular formula is C19H15BrN2O2. The molecule has 0 aliphatic rings. The van der Waals surface area contributed by atoms with Crippen LogP contribution in [0.4, 0.5) is 0 Å². The second-order valence-corrected chi connectivity index (χ2v) is 6.34. The number of ketones is 1. The number of carbonyl (C=O) groups excluding carboxylic acids is 1. The van der Waals surface area contributed by atoms with Gasteiger partial charge in [0.25, 0.3) is 5.56 Å². The normalized spacial score (nSPS) is 10.6. The third-order valence-electron chi connectivity index (χ3n) is 3.68. The van der Waals surface area contributed by atoms with Crippen molar-refractivity contribution in [3.63, 3.8) is 0 Å². The molecule has 0 fully saturated rings. The Labute approximate surface area is 147 Å². The van der Waals surface area contributed by atoms with Gasteiger partial charge in [0.1, 0.15) is 6.54 Å². The molecule has 1 aromatic heterocycles. The average molecular weight is 383 g/mol. The molecule has 0 radical (unpaired) electrons. The molecule has 0 saturated carbocycles. The highest BCUT2D eigenvalue weighted by Crippen LogP contribution is 2.25. The fourth-order valence-electron chi connectivity index (χ4n) is 2.34. The van der Waals surface area contributed by atoms with E-state index >= 15 is 0 Å². The van der Waals surface area contributed by atoms with Gasteiger partial charge in [-0.05, 0) is 19.1 Å². The van der Waals surface area contributed by atoms with Crippen molar-refractivity contribution in [3.8, 4) is 11.3 Å². The van der Waals surface area contributed by atoms with Crippen molar-refractivity contribution in [2.45, 2.75) is 13.5 Å². The van der Waals surface area contributed by atoms with Crippen LogP contribution < -0.4 is 5.56 Å². The first-order chi connectivity index (χ1) is 11.5. The number of halogens is 1. The van der Waals surface area contributed by atoms with Crippen LogP contribution in [-0.2, 0) is 6.54 Å². The predicted octanol–water partition coefficient (Wildman–Crippen LogP) is 3.86. The fraction of sp³-hybridized carbons (Fsp3) is 0.105. The second kappa shape index (κ2) is 6.93. The van der Waals surface area contributed by atoms with Gasteiger partial charge in [-0.1, -0.05) is 64.0 Å². The first kappa shape index (κ1) is 16.3. The van der Waals surface area contributed by atoms with Gasteiger partial charge >= 0.3 is 0 Å². The smallest absolute Gasteiger partial charge is 0.267 e. The molecule has 0 atom stereocenters. The van der Waals surface area contributed by atoms with E-state index in [0.29, 0.717) is 11.3 Å². The summed E-state index contributed by atoms with van der Waals surface area (Å²) in [4.78, 5) is 24.4. The van der Waals surface area contributed by atoms with E-state index in [1.807, 2.05) is 43.3 Å². The molecule has 120 valence electrons. The zero-order chi connectivity index (χ0) is 17.1. The molecule has 0 unspecified atom stereocenters. The summed E-state index contributed by atoms with van der Waals surface area (Å²) in [7, 11) is 0. The van der Waals surface area contributed by atoms with Crippen LogP contribution in [-0.4, -0.2) is 15.6 Å². The minimum absolute atomic E-state index is 0.0831. The van der Waals surface area contributed by atoms with Gasteiger partial charge in [0.15, 0.2) is 5.78 Å². The summed E-state index contributed by atoms with van der Waals surface area (Å²) in [6.07, 6.45) is 0. The number of aromatic nitrogens is 2. The van der Waals surface area contributed by atoms with Gasteiger partial charge in [-0.3, -0.25) is 9.59 Å². The van der Waals surface area contributed by atoms with E-state index in [-0.39, 0.29) is 17.9 Å². The maximum Gasteiger partial charge on any atom is 0.267 e. The Kier molecular flexibility index (Phi) is 4.71. The van der Waals surface area contributed by atoms with Crippen LogP contribution in [0.2, 0.25) is 0 Å². The number of Topliss-reactive ketones (excluding diaryl/α,β-unsaturated/α-hetero) is 1. The molecule has 5 heteroatoms. The molecule has 0 aliphatic heterocycles. The van der Waals surface area contributed by atoms with Crippen molar-refractivity contribution in [1.82, 2.24) is 9.78 Å². The monoisotopic (exact) mass is 382 g/mol. The average Bonchev–Trinajstić information content (AvgIpc) is 2.58. The van der Waals surface area contributed by atoms with E-state index in [9.17, 15) is 9.59 Å². The first-order valence-electron chi connectivity index (χ1n) is 7.47. The van der Waals surface area contributed by atoms with Crippen molar-refractivity contribution in [2.75, 3.05) is 0 Å². The fourth-order valence-corrected chi connectivity index (χ4v) is 2.83. The van der Waals surface area contributed by atoms with E-state index in [1.54, 1.807) is 18.2 Å². The van der Waals surface area contributed by atoms with Gasteiger partial charge in [0.2, 0.25) is 0 Å². The molecular weight excluding hydrogens is 368 g/mol. The highest BCUT2D eigenvalue weighted by atomic mass is 79.9. The molecule has 0 N–H and O–H groups in total. The Bertz CT molecular complexity index is 946. The SMILES string of the molecule is Cc1ccc(C(=O)Cn2nc(-c3ccccc3Br)ccc2=O)cc1. The number of hydrogen-bond acceptors (Lipinski definition) is 3. The van der Waals surface area contributed by atoms with Gasteiger partial charge in [0.05, 0.1) is 5.69 Å². The number of benzene rings is 2. The van der Waals surface area contributed by atoms with Gasteiger partial charge in [-0.25, -0.2) is 4.68 Å². The van der Waals surface area contributed by atoms with Gasteiger partial charge < -0.3 is 0 Å². The van der Waals surface area contributed by atoms with Gasteiger partial charge in [-0.2, -0.15) is 5.10 Å². The highest BCUT2D eigenvalue weighted by molar-refractivity contribution is 9.10. The quantitative estimate of drug-likeness (QED) is 0.643. The lowest BCUT2D eigenvalue weighted by Gasteiger charge is -2.08. The molecule has 4 nitrogen and oxygen atoms in total. The number of rotatable bonds is 4. The van der Waals surface area contributed by atoms with E-state index in [4.69, 9.17) is 0 Å². The number of aryl methyl sites for hydroxylation is 1. The van der Waals surface area contributed by atoms with Crippen LogP contribution in [0.15, 0.2) is 69.9 Å².